The lowest BCUT2D eigenvalue weighted by atomic mass is 10.2. The summed E-state index contributed by atoms with van der Waals surface area (Å²) in [5.74, 6) is 1.90. The number of nitrogens with zero attached hydrogens (tertiary/aromatic N) is 2. The fraction of sp³-hybridized carbons (Fsp3) is 0.111. The van der Waals surface area contributed by atoms with Crippen LogP contribution < -0.4 is 19.6 Å². The van der Waals surface area contributed by atoms with E-state index in [1.807, 2.05) is 47.8 Å². The first-order valence-electron chi connectivity index (χ1n) is 7.61. The van der Waals surface area contributed by atoms with Crippen LogP contribution >= 0.6 is 11.3 Å². The smallest absolute Gasteiger partial charge is 0.231 e. The minimum Gasteiger partial charge on any atom is -0.493 e. The Labute approximate surface area is 148 Å². The molecule has 0 unspecified atom stereocenters. The van der Waals surface area contributed by atoms with Crippen LogP contribution in [0.2, 0.25) is 0 Å². The zero-order chi connectivity index (χ0) is 17.1. The number of nitrogens with one attached hydrogen (secondary N) is 1. The van der Waals surface area contributed by atoms with E-state index in [0.717, 1.165) is 22.0 Å². The topological polar surface area (TPSA) is 65.0 Å². The van der Waals surface area contributed by atoms with Crippen LogP contribution in [0.3, 0.4) is 0 Å². The highest BCUT2D eigenvalue weighted by molar-refractivity contribution is 7.14. The maximum atomic E-state index is 5.40. The van der Waals surface area contributed by atoms with Crippen LogP contribution in [0.15, 0.2) is 52.9 Å². The number of hydrogen-bond donors (Lipinski definition) is 1. The van der Waals surface area contributed by atoms with E-state index in [1.54, 1.807) is 13.3 Å². The van der Waals surface area contributed by atoms with E-state index in [0.29, 0.717) is 17.2 Å². The van der Waals surface area contributed by atoms with Gasteiger partial charge in [-0.3, -0.25) is 5.43 Å². The van der Waals surface area contributed by atoms with Crippen molar-refractivity contribution in [3.05, 3.63) is 53.4 Å². The molecule has 25 heavy (non-hydrogen) atoms. The Bertz CT molecular complexity index is 909. The van der Waals surface area contributed by atoms with Gasteiger partial charge in [-0.05, 0) is 12.1 Å². The van der Waals surface area contributed by atoms with Gasteiger partial charge in [0, 0.05) is 16.5 Å². The van der Waals surface area contributed by atoms with Gasteiger partial charge >= 0.3 is 0 Å². The first kappa shape index (κ1) is 15.5. The maximum Gasteiger partial charge on any atom is 0.231 e. The summed E-state index contributed by atoms with van der Waals surface area (Å²) >= 11 is 1.50. The monoisotopic (exact) mass is 353 g/mol. The van der Waals surface area contributed by atoms with Gasteiger partial charge in [0.2, 0.25) is 17.7 Å². The number of fused-ring (bicyclic) bond motifs is 1. The van der Waals surface area contributed by atoms with Gasteiger partial charge in [0.25, 0.3) is 0 Å². The average Bonchev–Trinajstić information content (AvgIpc) is 3.31. The van der Waals surface area contributed by atoms with Crippen molar-refractivity contribution < 1.29 is 14.2 Å². The van der Waals surface area contributed by atoms with Crippen molar-refractivity contribution in [1.29, 1.82) is 0 Å². The van der Waals surface area contributed by atoms with Gasteiger partial charge in [-0.1, -0.05) is 30.3 Å². The summed E-state index contributed by atoms with van der Waals surface area (Å²) in [6.07, 6.45) is 1.69. The van der Waals surface area contributed by atoms with Crippen molar-refractivity contribution in [3.63, 3.8) is 0 Å². The van der Waals surface area contributed by atoms with E-state index in [-0.39, 0.29) is 6.79 Å². The summed E-state index contributed by atoms with van der Waals surface area (Å²) in [4.78, 5) is 4.53. The number of hydrazone groups is 1. The minimum absolute atomic E-state index is 0.200. The first-order valence-corrected chi connectivity index (χ1v) is 8.49. The molecule has 1 N–H and O–H groups in total. The van der Waals surface area contributed by atoms with Crippen LogP contribution in [0, 0.1) is 0 Å². The molecule has 0 atom stereocenters. The Morgan fingerprint density at radius 1 is 1.24 bits per heavy atom. The second kappa shape index (κ2) is 6.82. The highest BCUT2D eigenvalue weighted by atomic mass is 32.1. The molecule has 0 bridgehead atoms. The normalized spacial score (nSPS) is 12.5. The lowest BCUT2D eigenvalue weighted by molar-refractivity contribution is 0.171. The van der Waals surface area contributed by atoms with Crippen LogP contribution in [-0.4, -0.2) is 25.1 Å². The molecule has 2 aromatic carbocycles. The Morgan fingerprint density at radius 2 is 2.12 bits per heavy atom. The number of rotatable bonds is 5. The van der Waals surface area contributed by atoms with Crippen molar-refractivity contribution in [2.75, 3.05) is 19.3 Å². The molecule has 0 saturated carbocycles. The van der Waals surface area contributed by atoms with Gasteiger partial charge in [0.05, 0.1) is 19.0 Å². The number of thiazole rings is 1. The van der Waals surface area contributed by atoms with Gasteiger partial charge < -0.3 is 14.2 Å². The molecule has 3 aromatic rings. The first-order chi connectivity index (χ1) is 12.3. The predicted octanol–water partition coefficient (Wildman–Crippen LogP) is 3.99. The predicted molar refractivity (Wildman–Crippen MR) is 97.9 cm³/mol. The van der Waals surface area contributed by atoms with Gasteiger partial charge in [-0.25, -0.2) is 4.98 Å². The second-order valence-electron chi connectivity index (χ2n) is 5.23. The third-order valence-electron chi connectivity index (χ3n) is 3.63. The third-order valence-corrected chi connectivity index (χ3v) is 4.38. The van der Waals surface area contributed by atoms with Gasteiger partial charge in [-0.15, -0.1) is 11.3 Å². The van der Waals surface area contributed by atoms with Crippen molar-refractivity contribution in [2.45, 2.75) is 0 Å². The van der Waals surface area contributed by atoms with Crippen molar-refractivity contribution in [2.24, 2.45) is 5.10 Å². The molecule has 7 heteroatoms. The molecule has 0 saturated heterocycles. The molecule has 1 aliphatic rings. The van der Waals surface area contributed by atoms with E-state index in [1.165, 1.54) is 11.3 Å². The van der Waals surface area contributed by atoms with Gasteiger partial charge in [-0.2, -0.15) is 5.10 Å². The number of ether oxygens (including phenoxy) is 3. The molecular weight excluding hydrogens is 338 g/mol. The zero-order valence-electron chi connectivity index (χ0n) is 13.4. The standard InChI is InChI=1S/C18H15N3O3S/c1-22-15-7-12(8-16-17(15)24-11-23-16)9-19-21-18-20-14(10-25-18)13-5-3-2-4-6-13/h2-10H,11H2,1H3,(H,20,21). The summed E-state index contributed by atoms with van der Waals surface area (Å²) in [6.45, 7) is 0.200. The summed E-state index contributed by atoms with van der Waals surface area (Å²) in [6, 6.07) is 13.7. The van der Waals surface area contributed by atoms with Crippen molar-refractivity contribution in [3.8, 4) is 28.5 Å². The molecule has 1 aromatic heterocycles. The summed E-state index contributed by atoms with van der Waals surface area (Å²) in [7, 11) is 1.59. The highest BCUT2D eigenvalue weighted by Gasteiger charge is 2.19. The number of anilines is 1. The van der Waals surface area contributed by atoms with Crippen LogP contribution in [0.1, 0.15) is 5.56 Å². The van der Waals surface area contributed by atoms with Crippen LogP contribution in [0.25, 0.3) is 11.3 Å². The van der Waals surface area contributed by atoms with Crippen LogP contribution in [0.4, 0.5) is 5.13 Å². The Morgan fingerprint density at radius 3 is 2.96 bits per heavy atom. The highest BCUT2D eigenvalue weighted by Crippen LogP contribution is 2.41. The molecule has 0 fully saturated rings. The minimum atomic E-state index is 0.200. The van der Waals surface area contributed by atoms with Crippen molar-refractivity contribution in [1.82, 2.24) is 4.98 Å². The molecule has 4 rings (SSSR count). The largest absolute Gasteiger partial charge is 0.493 e. The fourth-order valence-corrected chi connectivity index (χ4v) is 3.12. The van der Waals surface area contributed by atoms with Crippen LogP contribution in [0.5, 0.6) is 17.2 Å². The van der Waals surface area contributed by atoms with E-state index < -0.39 is 0 Å². The van der Waals surface area contributed by atoms with E-state index >= 15 is 0 Å². The molecule has 126 valence electrons. The van der Waals surface area contributed by atoms with E-state index in [9.17, 15) is 0 Å². The fourth-order valence-electron chi connectivity index (χ4n) is 2.45. The Kier molecular flexibility index (Phi) is 4.22. The molecule has 0 aliphatic carbocycles. The lowest BCUT2D eigenvalue weighted by Crippen LogP contribution is -1.93. The number of benzene rings is 2. The quantitative estimate of drug-likeness (QED) is 0.555. The molecule has 0 radical (unpaired) electrons. The Balaban J connectivity index is 1.48. The summed E-state index contributed by atoms with van der Waals surface area (Å²) in [5, 5.41) is 6.96. The van der Waals surface area contributed by atoms with Gasteiger partial charge in [0.1, 0.15) is 0 Å². The van der Waals surface area contributed by atoms with E-state index in [2.05, 4.69) is 15.5 Å². The molecule has 0 spiro atoms. The van der Waals surface area contributed by atoms with Crippen molar-refractivity contribution >= 4 is 22.7 Å². The third kappa shape index (κ3) is 3.27. The molecule has 2 heterocycles. The average molecular weight is 353 g/mol. The Hall–Kier alpha value is -3.06. The molecule has 1 aliphatic heterocycles. The number of methoxy groups -OCH3 is 1. The second-order valence-corrected chi connectivity index (χ2v) is 6.09. The van der Waals surface area contributed by atoms with Gasteiger partial charge in [0.15, 0.2) is 11.5 Å². The van der Waals surface area contributed by atoms with E-state index in [4.69, 9.17) is 14.2 Å². The lowest BCUT2D eigenvalue weighted by Gasteiger charge is -2.05. The SMILES string of the molecule is COc1cc(C=NNc2nc(-c3ccccc3)cs2)cc2c1OCO2. The maximum absolute atomic E-state index is 5.40. The number of aromatic nitrogens is 1. The van der Waals surface area contributed by atoms with Crippen LogP contribution in [-0.2, 0) is 0 Å². The molecule has 0 amide bonds. The zero-order valence-corrected chi connectivity index (χ0v) is 14.2. The summed E-state index contributed by atoms with van der Waals surface area (Å²) < 4.78 is 16.1. The summed E-state index contributed by atoms with van der Waals surface area (Å²) in [5.41, 5.74) is 5.80. The number of hydrogen-bond acceptors (Lipinski definition) is 7. The molecule has 6 nitrogen and oxygen atoms in total. The molecular formula is C18H15N3O3S.